The molecule has 0 amide bonds. The third-order valence-electron chi connectivity index (χ3n) is 6.04. The van der Waals surface area contributed by atoms with Crippen LogP contribution in [0.1, 0.15) is 51.4 Å². The zero-order valence-corrected chi connectivity index (χ0v) is 12.3. The average Bonchev–Trinajstić information content (AvgIpc) is 2.70. The van der Waals surface area contributed by atoms with E-state index in [-0.39, 0.29) is 11.9 Å². The number of rotatable bonds is 2. The van der Waals surface area contributed by atoms with Crippen molar-refractivity contribution in [2.45, 2.75) is 63.5 Å². The van der Waals surface area contributed by atoms with Crippen molar-refractivity contribution in [3.8, 4) is 0 Å². The van der Waals surface area contributed by atoms with Gasteiger partial charge in [-0.2, -0.15) is 0 Å². The van der Waals surface area contributed by atoms with Crippen LogP contribution in [0.2, 0.25) is 0 Å². The van der Waals surface area contributed by atoms with E-state index in [0.717, 1.165) is 12.0 Å². The molecule has 2 heterocycles. The van der Waals surface area contributed by atoms with Gasteiger partial charge in [0.25, 0.3) is 0 Å². The van der Waals surface area contributed by atoms with E-state index < -0.39 is 0 Å². The van der Waals surface area contributed by atoms with Crippen LogP contribution in [0.25, 0.3) is 0 Å². The summed E-state index contributed by atoms with van der Waals surface area (Å²) in [5, 5.41) is 0. The Balaban J connectivity index is 1.82. The molecular weight excluding hydrogens is 238 g/mol. The average molecular weight is 265 g/mol. The summed E-state index contributed by atoms with van der Waals surface area (Å²) < 4.78 is 5.14. The molecule has 0 N–H and O–H groups in total. The normalized spacial score (nSPS) is 40.3. The van der Waals surface area contributed by atoms with Gasteiger partial charge in [0.1, 0.15) is 0 Å². The van der Waals surface area contributed by atoms with Crippen LogP contribution >= 0.6 is 0 Å². The summed E-state index contributed by atoms with van der Waals surface area (Å²) in [4.78, 5) is 14.8. The molecule has 1 saturated carbocycles. The summed E-state index contributed by atoms with van der Waals surface area (Å²) in [7, 11) is 3.76. The predicted molar refractivity (Wildman–Crippen MR) is 74.8 cm³/mol. The molecule has 19 heavy (non-hydrogen) atoms. The van der Waals surface area contributed by atoms with E-state index in [9.17, 15) is 4.79 Å². The predicted octanol–water partition coefficient (Wildman–Crippen LogP) is 2.84. The smallest absolute Gasteiger partial charge is 0.310 e. The molecule has 3 heteroatoms. The number of methoxy groups -OCH3 is 1. The Bertz CT molecular complexity index is 338. The van der Waals surface area contributed by atoms with Crippen LogP contribution in [0.5, 0.6) is 0 Å². The van der Waals surface area contributed by atoms with Gasteiger partial charge in [-0.05, 0) is 38.1 Å². The van der Waals surface area contributed by atoms with Crippen LogP contribution in [-0.2, 0) is 9.53 Å². The molecule has 3 unspecified atom stereocenters. The number of esters is 1. The molecule has 0 aromatic heterocycles. The van der Waals surface area contributed by atoms with E-state index in [1.165, 1.54) is 51.4 Å². The molecule has 3 aliphatic rings. The third kappa shape index (κ3) is 2.31. The molecule has 2 bridgehead atoms. The van der Waals surface area contributed by atoms with Crippen molar-refractivity contribution >= 4 is 5.97 Å². The van der Waals surface area contributed by atoms with Gasteiger partial charge < -0.3 is 4.74 Å². The molecule has 0 spiro atoms. The van der Waals surface area contributed by atoms with Gasteiger partial charge in [-0.1, -0.05) is 32.1 Å². The van der Waals surface area contributed by atoms with Crippen LogP contribution in [0, 0.1) is 17.8 Å². The topological polar surface area (TPSA) is 29.5 Å². The van der Waals surface area contributed by atoms with Crippen molar-refractivity contribution in [2.75, 3.05) is 14.2 Å². The Morgan fingerprint density at radius 1 is 1.11 bits per heavy atom. The van der Waals surface area contributed by atoms with E-state index in [1.807, 2.05) is 0 Å². The van der Waals surface area contributed by atoms with Gasteiger partial charge in [0.2, 0.25) is 0 Å². The largest absolute Gasteiger partial charge is 0.469 e. The zero-order valence-electron chi connectivity index (χ0n) is 12.3. The van der Waals surface area contributed by atoms with E-state index in [4.69, 9.17) is 4.74 Å². The quantitative estimate of drug-likeness (QED) is 0.719. The number of hydrogen-bond acceptors (Lipinski definition) is 3. The first-order valence-corrected chi connectivity index (χ1v) is 8.02. The van der Waals surface area contributed by atoms with Gasteiger partial charge in [0.05, 0.1) is 13.0 Å². The maximum absolute atomic E-state index is 12.3. The minimum Gasteiger partial charge on any atom is -0.469 e. The van der Waals surface area contributed by atoms with E-state index in [2.05, 4.69) is 11.9 Å². The fourth-order valence-electron chi connectivity index (χ4n) is 5.02. The van der Waals surface area contributed by atoms with Gasteiger partial charge in [-0.3, -0.25) is 9.69 Å². The second kappa shape index (κ2) is 5.43. The molecule has 3 rings (SSSR count). The lowest BCUT2D eigenvalue weighted by Crippen LogP contribution is -2.51. The Hall–Kier alpha value is -0.570. The number of piperidine rings is 1. The summed E-state index contributed by atoms with van der Waals surface area (Å²) in [5.41, 5.74) is 0. The molecule has 1 aliphatic carbocycles. The SMILES string of the molecule is COC(=O)C1C(C2CCCCC2)C[C@H]2CCC1N2C. The van der Waals surface area contributed by atoms with E-state index >= 15 is 0 Å². The fraction of sp³-hybridized carbons (Fsp3) is 0.938. The molecule has 2 aliphatic heterocycles. The first kappa shape index (κ1) is 13.4. The highest BCUT2D eigenvalue weighted by Crippen LogP contribution is 2.47. The van der Waals surface area contributed by atoms with Crippen molar-refractivity contribution in [3.63, 3.8) is 0 Å². The van der Waals surface area contributed by atoms with Crippen molar-refractivity contribution in [3.05, 3.63) is 0 Å². The third-order valence-corrected chi connectivity index (χ3v) is 6.04. The highest BCUT2D eigenvalue weighted by atomic mass is 16.5. The molecule has 3 nitrogen and oxygen atoms in total. The molecule has 2 saturated heterocycles. The highest BCUT2D eigenvalue weighted by Gasteiger charge is 2.51. The van der Waals surface area contributed by atoms with Gasteiger partial charge >= 0.3 is 5.97 Å². The molecule has 0 aromatic rings. The maximum Gasteiger partial charge on any atom is 0.310 e. The van der Waals surface area contributed by atoms with Gasteiger partial charge in [-0.25, -0.2) is 0 Å². The van der Waals surface area contributed by atoms with E-state index in [1.54, 1.807) is 7.11 Å². The van der Waals surface area contributed by atoms with Crippen molar-refractivity contribution in [1.82, 2.24) is 4.90 Å². The second-order valence-corrected chi connectivity index (χ2v) is 6.81. The lowest BCUT2D eigenvalue weighted by atomic mass is 9.68. The van der Waals surface area contributed by atoms with Crippen LogP contribution in [-0.4, -0.2) is 37.1 Å². The Morgan fingerprint density at radius 2 is 1.84 bits per heavy atom. The molecule has 0 radical (unpaired) electrons. The van der Waals surface area contributed by atoms with Crippen molar-refractivity contribution < 1.29 is 9.53 Å². The molecule has 0 aromatic carbocycles. The van der Waals surface area contributed by atoms with Crippen LogP contribution in [0.15, 0.2) is 0 Å². The van der Waals surface area contributed by atoms with E-state index in [0.29, 0.717) is 12.0 Å². The zero-order chi connectivity index (χ0) is 13.4. The summed E-state index contributed by atoms with van der Waals surface area (Å²) >= 11 is 0. The summed E-state index contributed by atoms with van der Waals surface area (Å²) in [6.45, 7) is 0. The lowest BCUT2D eigenvalue weighted by molar-refractivity contribution is -0.154. The molecule has 3 fully saturated rings. The Kier molecular flexibility index (Phi) is 3.84. The fourth-order valence-corrected chi connectivity index (χ4v) is 5.02. The monoisotopic (exact) mass is 265 g/mol. The van der Waals surface area contributed by atoms with Crippen LogP contribution in [0.3, 0.4) is 0 Å². The molecular formula is C16H27NO2. The molecule has 108 valence electrons. The number of fused-ring (bicyclic) bond motifs is 2. The number of hydrogen-bond donors (Lipinski definition) is 0. The summed E-state index contributed by atoms with van der Waals surface area (Å²) in [6.07, 6.45) is 10.5. The Labute approximate surface area is 116 Å². The summed E-state index contributed by atoms with van der Waals surface area (Å²) in [5.74, 6) is 1.54. The first-order chi connectivity index (χ1) is 9.22. The van der Waals surface area contributed by atoms with Crippen molar-refractivity contribution in [1.29, 1.82) is 0 Å². The van der Waals surface area contributed by atoms with Crippen LogP contribution in [0.4, 0.5) is 0 Å². The Morgan fingerprint density at radius 3 is 2.53 bits per heavy atom. The minimum absolute atomic E-state index is 0.0489. The van der Waals surface area contributed by atoms with Gasteiger partial charge in [0, 0.05) is 12.1 Å². The summed E-state index contributed by atoms with van der Waals surface area (Å²) in [6, 6.07) is 1.16. The van der Waals surface area contributed by atoms with Crippen LogP contribution < -0.4 is 0 Å². The lowest BCUT2D eigenvalue weighted by Gasteiger charge is -2.45. The number of ether oxygens (including phenoxy) is 1. The number of carbonyl (C=O) groups excluding carboxylic acids is 1. The van der Waals surface area contributed by atoms with Gasteiger partial charge in [0.15, 0.2) is 0 Å². The standard InChI is InChI=1S/C16H27NO2/c1-17-12-8-9-14(17)15(16(18)19-2)13(10-12)11-6-4-3-5-7-11/h11-15H,3-10H2,1-2H3/t12-,13?,14?,15?/m1/s1. The first-order valence-electron chi connectivity index (χ1n) is 8.02. The number of nitrogens with zero attached hydrogens (tertiary/aromatic N) is 1. The second-order valence-electron chi connectivity index (χ2n) is 6.81. The van der Waals surface area contributed by atoms with Crippen molar-refractivity contribution in [2.24, 2.45) is 17.8 Å². The number of carbonyl (C=O) groups is 1. The van der Waals surface area contributed by atoms with Gasteiger partial charge in [-0.15, -0.1) is 0 Å². The maximum atomic E-state index is 12.3. The highest BCUT2D eigenvalue weighted by molar-refractivity contribution is 5.74. The molecule has 4 atom stereocenters. The minimum atomic E-state index is 0.0489.